The highest BCUT2D eigenvalue weighted by Crippen LogP contribution is 2.18. The predicted octanol–water partition coefficient (Wildman–Crippen LogP) is 0.751. The van der Waals surface area contributed by atoms with Gasteiger partial charge in [0.05, 0.1) is 11.4 Å². The first-order chi connectivity index (χ1) is 7.22. The zero-order valence-electron chi connectivity index (χ0n) is 9.67. The maximum atomic E-state index is 4.60. The largest absolute Gasteiger partial charge is 0.347 e. The van der Waals surface area contributed by atoms with Gasteiger partial charge in [0.2, 0.25) is 5.95 Å². The van der Waals surface area contributed by atoms with Gasteiger partial charge in [-0.15, -0.1) is 0 Å². The molecule has 2 rings (SSSR count). The summed E-state index contributed by atoms with van der Waals surface area (Å²) in [6, 6.07) is 0. The standard InChI is InChI=1S/C11H18N4/c1-4-9-8-7-12-6-5-10(8)14-11(13-9)15(2)3/h12H,4-7H2,1-3H3. The number of fused-ring (bicyclic) bond motifs is 1. The normalized spacial score (nSPS) is 14.9. The summed E-state index contributed by atoms with van der Waals surface area (Å²) in [5.74, 6) is 0.840. The summed E-state index contributed by atoms with van der Waals surface area (Å²) in [6.07, 6.45) is 2.00. The molecule has 0 atom stereocenters. The Hall–Kier alpha value is -1.16. The molecule has 0 radical (unpaired) electrons. The van der Waals surface area contributed by atoms with E-state index in [-0.39, 0.29) is 0 Å². The second kappa shape index (κ2) is 4.14. The number of nitrogens with zero attached hydrogens (tertiary/aromatic N) is 3. The van der Waals surface area contributed by atoms with Crippen LogP contribution in [0.15, 0.2) is 0 Å². The molecule has 1 aliphatic rings. The van der Waals surface area contributed by atoms with E-state index in [1.807, 2.05) is 19.0 Å². The van der Waals surface area contributed by atoms with Gasteiger partial charge in [0.15, 0.2) is 0 Å². The number of nitrogens with one attached hydrogen (secondary N) is 1. The second-order valence-electron chi connectivity index (χ2n) is 4.07. The van der Waals surface area contributed by atoms with Crippen LogP contribution < -0.4 is 10.2 Å². The monoisotopic (exact) mass is 206 g/mol. The van der Waals surface area contributed by atoms with Crippen molar-refractivity contribution in [1.82, 2.24) is 15.3 Å². The molecule has 82 valence electrons. The Morgan fingerprint density at radius 3 is 2.80 bits per heavy atom. The van der Waals surface area contributed by atoms with Crippen molar-refractivity contribution in [3.05, 3.63) is 17.0 Å². The van der Waals surface area contributed by atoms with Crippen molar-refractivity contribution in [2.24, 2.45) is 0 Å². The van der Waals surface area contributed by atoms with Crippen molar-refractivity contribution in [3.8, 4) is 0 Å². The van der Waals surface area contributed by atoms with Crippen LogP contribution in [0.4, 0.5) is 5.95 Å². The van der Waals surface area contributed by atoms with E-state index in [1.165, 1.54) is 17.0 Å². The van der Waals surface area contributed by atoms with Crippen LogP contribution in [0.5, 0.6) is 0 Å². The van der Waals surface area contributed by atoms with Gasteiger partial charge >= 0.3 is 0 Å². The highest BCUT2D eigenvalue weighted by Gasteiger charge is 2.16. The lowest BCUT2D eigenvalue weighted by Gasteiger charge is -2.21. The summed E-state index contributed by atoms with van der Waals surface area (Å²) in [7, 11) is 3.98. The minimum atomic E-state index is 0.840. The van der Waals surface area contributed by atoms with E-state index in [2.05, 4.69) is 22.2 Å². The topological polar surface area (TPSA) is 41.1 Å². The maximum Gasteiger partial charge on any atom is 0.225 e. The van der Waals surface area contributed by atoms with Crippen molar-refractivity contribution < 1.29 is 0 Å². The van der Waals surface area contributed by atoms with E-state index in [1.54, 1.807) is 0 Å². The molecule has 1 aromatic rings. The van der Waals surface area contributed by atoms with Gasteiger partial charge in [-0.25, -0.2) is 9.97 Å². The molecule has 0 saturated heterocycles. The van der Waals surface area contributed by atoms with Gasteiger partial charge in [0, 0.05) is 39.2 Å². The molecule has 0 unspecified atom stereocenters. The van der Waals surface area contributed by atoms with E-state index >= 15 is 0 Å². The van der Waals surface area contributed by atoms with Crippen molar-refractivity contribution in [2.75, 3.05) is 25.5 Å². The Kier molecular flexibility index (Phi) is 2.86. The van der Waals surface area contributed by atoms with Gasteiger partial charge in [-0.3, -0.25) is 0 Å². The zero-order valence-corrected chi connectivity index (χ0v) is 9.67. The highest BCUT2D eigenvalue weighted by atomic mass is 15.2. The van der Waals surface area contributed by atoms with Crippen molar-refractivity contribution in [2.45, 2.75) is 26.3 Å². The lowest BCUT2D eigenvalue weighted by Crippen LogP contribution is -2.28. The van der Waals surface area contributed by atoms with Crippen LogP contribution in [0, 0.1) is 0 Å². The Bertz CT molecular complexity index is 343. The molecule has 4 nitrogen and oxygen atoms in total. The number of hydrogen-bond donors (Lipinski definition) is 1. The summed E-state index contributed by atoms with van der Waals surface area (Å²) in [4.78, 5) is 11.1. The minimum absolute atomic E-state index is 0.840. The van der Waals surface area contributed by atoms with Gasteiger partial charge in [0.1, 0.15) is 0 Å². The third-order valence-electron chi connectivity index (χ3n) is 2.74. The molecule has 2 heterocycles. The fraction of sp³-hybridized carbons (Fsp3) is 0.636. The Morgan fingerprint density at radius 1 is 1.33 bits per heavy atom. The molecule has 15 heavy (non-hydrogen) atoms. The quantitative estimate of drug-likeness (QED) is 0.775. The fourth-order valence-corrected chi connectivity index (χ4v) is 1.89. The number of anilines is 1. The molecule has 0 fully saturated rings. The SMILES string of the molecule is CCc1nc(N(C)C)nc2c1CNCC2. The van der Waals surface area contributed by atoms with Gasteiger partial charge in [-0.1, -0.05) is 6.92 Å². The highest BCUT2D eigenvalue weighted by molar-refractivity contribution is 5.37. The van der Waals surface area contributed by atoms with Crippen LogP contribution in [0.2, 0.25) is 0 Å². The summed E-state index contributed by atoms with van der Waals surface area (Å²) >= 11 is 0. The Balaban J connectivity index is 2.48. The van der Waals surface area contributed by atoms with Crippen LogP contribution in [-0.4, -0.2) is 30.6 Å². The second-order valence-corrected chi connectivity index (χ2v) is 4.07. The van der Waals surface area contributed by atoms with Crippen molar-refractivity contribution in [1.29, 1.82) is 0 Å². The first-order valence-corrected chi connectivity index (χ1v) is 5.49. The predicted molar refractivity (Wildman–Crippen MR) is 61.1 cm³/mol. The first kappa shape index (κ1) is 10.4. The first-order valence-electron chi connectivity index (χ1n) is 5.49. The molecule has 4 heteroatoms. The molecular formula is C11H18N4. The summed E-state index contributed by atoms with van der Waals surface area (Å²) in [5, 5.41) is 3.37. The molecular weight excluding hydrogens is 188 g/mol. The van der Waals surface area contributed by atoms with E-state index in [9.17, 15) is 0 Å². The van der Waals surface area contributed by atoms with Crippen LogP contribution in [0.3, 0.4) is 0 Å². The van der Waals surface area contributed by atoms with Crippen LogP contribution in [0.25, 0.3) is 0 Å². The fourth-order valence-electron chi connectivity index (χ4n) is 1.89. The number of aryl methyl sites for hydroxylation is 1. The number of aromatic nitrogens is 2. The van der Waals surface area contributed by atoms with Crippen molar-refractivity contribution >= 4 is 5.95 Å². The molecule has 1 aliphatic heterocycles. The lowest BCUT2D eigenvalue weighted by atomic mass is 10.0. The average molecular weight is 206 g/mol. The smallest absolute Gasteiger partial charge is 0.225 e. The summed E-state index contributed by atoms with van der Waals surface area (Å²) < 4.78 is 0. The molecule has 0 amide bonds. The Labute approximate surface area is 90.7 Å². The molecule has 0 bridgehead atoms. The van der Waals surface area contributed by atoms with E-state index in [0.717, 1.165) is 31.9 Å². The van der Waals surface area contributed by atoms with Gasteiger partial charge in [0.25, 0.3) is 0 Å². The number of rotatable bonds is 2. The molecule has 1 N–H and O–H groups in total. The van der Waals surface area contributed by atoms with Gasteiger partial charge < -0.3 is 10.2 Å². The molecule has 1 aromatic heterocycles. The molecule has 0 aliphatic carbocycles. The molecule has 0 spiro atoms. The Morgan fingerprint density at radius 2 is 2.13 bits per heavy atom. The number of hydrogen-bond acceptors (Lipinski definition) is 4. The lowest BCUT2D eigenvalue weighted by molar-refractivity contribution is 0.616. The summed E-state index contributed by atoms with van der Waals surface area (Å²) in [5.41, 5.74) is 3.73. The van der Waals surface area contributed by atoms with Crippen LogP contribution in [-0.2, 0) is 19.4 Å². The average Bonchev–Trinajstić information content (AvgIpc) is 2.27. The third-order valence-corrected chi connectivity index (χ3v) is 2.74. The third kappa shape index (κ3) is 1.95. The zero-order chi connectivity index (χ0) is 10.8. The maximum absolute atomic E-state index is 4.60. The van der Waals surface area contributed by atoms with E-state index in [4.69, 9.17) is 0 Å². The molecule has 0 saturated carbocycles. The van der Waals surface area contributed by atoms with Gasteiger partial charge in [-0.2, -0.15) is 0 Å². The van der Waals surface area contributed by atoms with E-state index in [0.29, 0.717) is 0 Å². The van der Waals surface area contributed by atoms with Crippen molar-refractivity contribution in [3.63, 3.8) is 0 Å². The van der Waals surface area contributed by atoms with Crippen LogP contribution >= 0.6 is 0 Å². The van der Waals surface area contributed by atoms with E-state index < -0.39 is 0 Å². The van der Waals surface area contributed by atoms with Crippen LogP contribution in [0.1, 0.15) is 23.9 Å². The van der Waals surface area contributed by atoms with Gasteiger partial charge in [-0.05, 0) is 6.42 Å². The summed E-state index contributed by atoms with van der Waals surface area (Å²) in [6.45, 7) is 4.10. The molecule has 0 aromatic carbocycles. The minimum Gasteiger partial charge on any atom is -0.347 e.